The third kappa shape index (κ3) is 2.66. The molecule has 0 aromatic heterocycles. The Balaban J connectivity index is 1.64. The van der Waals surface area contributed by atoms with Crippen molar-refractivity contribution >= 4 is 0 Å². The molecule has 4 heterocycles. The number of rotatable bonds is 5. The van der Waals surface area contributed by atoms with Crippen LogP contribution in [-0.2, 0) is 0 Å². The number of methoxy groups -OCH3 is 1. The first-order valence-corrected chi connectivity index (χ1v) is 9.00. The predicted molar refractivity (Wildman–Crippen MR) is 89.8 cm³/mol. The SMILES string of the molecule is COc1cccc([C@@H]2CN(CCCF)[C@@H]3C4CCN(CC4)[C@@H]32)c1. The van der Waals surface area contributed by atoms with Gasteiger partial charge in [-0.1, -0.05) is 12.1 Å². The number of hydrogen-bond donors (Lipinski definition) is 0. The van der Waals surface area contributed by atoms with Crippen LogP contribution in [0.15, 0.2) is 24.3 Å². The minimum atomic E-state index is -0.202. The van der Waals surface area contributed by atoms with Crippen LogP contribution in [0.5, 0.6) is 5.75 Å². The van der Waals surface area contributed by atoms with Crippen LogP contribution in [0, 0.1) is 5.92 Å². The Morgan fingerprint density at radius 2 is 2.04 bits per heavy atom. The van der Waals surface area contributed by atoms with Crippen molar-refractivity contribution in [3.8, 4) is 5.75 Å². The van der Waals surface area contributed by atoms with E-state index in [9.17, 15) is 4.39 Å². The summed E-state index contributed by atoms with van der Waals surface area (Å²) in [5, 5.41) is 0. The van der Waals surface area contributed by atoms with Crippen molar-refractivity contribution < 1.29 is 9.13 Å². The molecule has 4 heteroatoms. The fourth-order valence-corrected chi connectivity index (χ4v) is 5.22. The highest BCUT2D eigenvalue weighted by Crippen LogP contribution is 2.46. The van der Waals surface area contributed by atoms with E-state index in [0.717, 1.165) is 24.8 Å². The second-order valence-electron chi connectivity index (χ2n) is 7.28. The molecule has 23 heavy (non-hydrogen) atoms. The lowest BCUT2D eigenvalue weighted by atomic mass is 9.75. The highest BCUT2D eigenvalue weighted by Gasteiger charge is 2.52. The monoisotopic (exact) mass is 318 g/mol. The zero-order chi connectivity index (χ0) is 15.8. The molecule has 0 radical (unpaired) electrons. The average Bonchev–Trinajstić information content (AvgIpc) is 3.03. The number of fused-ring (bicyclic) bond motifs is 2. The number of ether oxygens (including phenoxy) is 1. The summed E-state index contributed by atoms with van der Waals surface area (Å²) in [6.07, 6.45) is 3.30. The van der Waals surface area contributed by atoms with Gasteiger partial charge in [-0.2, -0.15) is 0 Å². The Bertz CT molecular complexity index is 544. The van der Waals surface area contributed by atoms with E-state index in [0.29, 0.717) is 24.4 Å². The number of alkyl halides is 1. The van der Waals surface area contributed by atoms with E-state index in [2.05, 4.69) is 28.0 Å². The first kappa shape index (κ1) is 15.4. The standard InChI is InChI=1S/C19H27FN2O/c1-23-16-5-2-4-15(12-16)17-13-22(9-3-8-20)18-14-6-10-21(11-7-14)19(17)18/h2,4-5,12,14,17-19H,3,6-11,13H2,1H3/t17-,18+,19+/m0/s1. The van der Waals surface area contributed by atoms with Gasteiger partial charge in [-0.15, -0.1) is 0 Å². The molecule has 0 aliphatic carbocycles. The van der Waals surface area contributed by atoms with Crippen molar-refractivity contribution in [3.05, 3.63) is 29.8 Å². The smallest absolute Gasteiger partial charge is 0.119 e. The van der Waals surface area contributed by atoms with Gasteiger partial charge in [0.1, 0.15) is 5.75 Å². The number of likely N-dealkylation sites (tertiary alicyclic amines) is 1. The Kier molecular flexibility index (Phi) is 4.29. The third-order valence-electron chi connectivity index (χ3n) is 6.19. The van der Waals surface area contributed by atoms with Gasteiger partial charge in [0.2, 0.25) is 0 Å². The molecule has 2 bridgehead atoms. The molecule has 1 aromatic rings. The van der Waals surface area contributed by atoms with Crippen LogP contribution in [0.4, 0.5) is 4.39 Å². The van der Waals surface area contributed by atoms with E-state index in [1.165, 1.54) is 31.5 Å². The normalized spacial score (nSPS) is 36.2. The minimum absolute atomic E-state index is 0.202. The van der Waals surface area contributed by atoms with E-state index in [1.807, 2.05) is 6.07 Å². The summed E-state index contributed by atoms with van der Waals surface area (Å²) >= 11 is 0. The summed E-state index contributed by atoms with van der Waals surface area (Å²) in [5.74, 6) is 2.27. The molecule has 4 aliphatic heterocycles. The molecule has 0 unspecified atom stereocenters. The topological polar surface area (TPSA) is 15.7 Å². The lowest BCUT2D eigenvalue weighted by molar-refractivity contribution is -0.00703. The van der Waals surface area contributed by atoms with Gasteiger partial charge in [0.15, 0.2) is 0 Å². The van der Waals surface area contributed by atoms with Crippen LogP contribution in [0.3, 0.4) is 0 Å². The lowest BCUT2D eigenvalue weighted by Crippen LogP contribution is -2.60. The van der Waals surface area contributed by atoms with Crippen molar-refractivity contribution in [1.82, 2.24) is 9.80 Å². The zero-order valence-corrected chi connectivity index (χ0v) is 14.0. The fourth-order valence-electron chi connectivity index (χ4n) is 5.22. The summed E-state index contributed by atoms with van der Waals surface area (Å²) in [7, 11) is 1.73. The number of benzene rings is 1. The maximum absolute atomic E-state index is 12.7. The maximum atomic E-state index is 12.7. The first-order chi connectivity index (χ1) is 11.3. The van der Waals surface area contributed by atoms with E-state index in [-0.39, 0.29) is 6.67 Å². The van der Waals surface area contributed by atoms with Crippen LogP contribution in [-0.4, -0.2) is 61.8 Å². The van der Waals surface area contributed by atoms with E-state index in [4.69, 9.17) is 4.74 Å². The molecule has 1 aromatic carbocycles. The molecule has 3 nitrogen and oxygen atoms in total. The molecule has 4 fully saturated rings. The Morgan fingerprint density at radius 3 is 2.78 bits per heavy atom. The number of piperidine rings is 3. The van der Waals surface area contributed by atoms with E-state index in [1.54, 1.807) is 7.11 Å². The van der Waals surface area contributed by atoms with Crippen LogP contribution < -0.4 is 4.74 Å². The summed E-state index contributed by atoms with van der Waals surface area (Å²) in [6, 6.07) is 9.79. The van der Waals surface area contributed by atoms with Crippen LogP contribution in [0.25, 0.3) is 0 Å². The van der Waals surface area contributed by atoms with Crippen LogP contribution in [0.2, 0.25) is 0 Å². The second-order valence-corrected chi connectivity index (χ2v) is 7.28. The van der Waals surface area contributed by atoms with E-state index < -0.39 is 0 Å². The molecule has 0 N–H and O–H groups in total. The van der Waals surface area contributed by atoms with Gasteiger partial charge in [0.05, 0.1) is 13.8 Å². The van der Waals surface area contributed by atoms with E-state index >= 15 is 0 Å². The molecule has 0 saturated carbocycles. The molecular formula is C19H27FN2O. The lowest BCUT2D eigenvalue weighted by Gasteiger charge is -2.51. The second kappa shape index (κ2) is 6.40. The fraction of sp³-hybridized carbons (Fsp3) is 0.684. The van der Waals surface area contributed by atoms with Crippen LogP contribution >= 0.6 is 0 Å². The maximum Gasteiger partial charge on any atom is 0.119 e. The van der Waals surface area contributed by atoms with Gasteiger partial charge in [0, 0.05) is 31.1 Å². The molecule has 4 saturated heterocycles. The zero-order valence-electron chi connectivity index (χ0n) is 14.0. The Hall–Kier alpha value is -1.13. The van der Waals surface area contributed by atoms with Gasteiger partial charge in [-0.05, 0) is 56.0 Å². The first-order valence-electron chi connectivity index (χ1n) is 9.00. The highest BCUT2D eigenvalue weighted by molar-refractivity contribution is 5.34. The largest absolute Gasteiger partial charge is 0.497 e. The van der Waals surface area contributed by atoms with Gasteiger partial charge in [-0.3, -0.25) is 14.2 Å². The summed E-state index contributed by atoms with van der Waals surface area (Å²) in [4.78, 5) is 5.29. The quantitative estimate of drug-likeness (QED) is 0.830. The van der Waals surface area contributed by atoms with Crippen molar-refractivity contribution in [2.45, 2.75) is 37.3 Å². The van der Waals surface area contributed by atoms with Gasteiger partial charge < -0.3 is 4.74 Å². The van der Waals surface area contributed by atoms with Crippen molar-refractivity contribution in [2.24, 2.45) is 5.92 Å². The third-order valence-corrected chi connectivity index (χ3v) is 6.19. The molecule has 5 rings (SSSR count). The Morgan fingerprint density at radius 1 is 1.22 bits per heavy atom. The molecule has 0 amide bonds. The molecular weight excluding hydrogens is 291 g/mol. The predicted octanol–water partition coefficient (Wildman–Crippen LogP) is 2.92. The molecule has 3 atom stereocenters. The summed E-state index contributed by atoms with van der Waals surface area (Å²) in [5.41, 5.74) is 1.38. The van der Waals surface area contributed by atoms with Crippen molar-refractivity contribution in [2.75, 3.05) is 40.0 Å². The Labute approximate surface area is 138 Å². The van der Waals surface area contributed by atoms with Crippen LogP contribution in [0.1, 0.15) is 30.7 Å². The summed E-state index contributed by atoms with van der Waals surface area (Å²) in [6.45, 7) is 4.25. The number of halogens is 1. The number of hydrogen-bond acceptors (Lipinski definition) is 3. The highest BCUT2D eigenvalue weighted by atomic mass is 19.1. The molecule has 0 spiro atoms. The van der Waals surface area contributed by atoms with Crippen molar-refractivity contribution in [3.63, 3.8) is 0 Å². The van der Waals surface area contributed by atoms with Gasteiger partial charge in [-0.25, -0.2) is 0 Å². The van der Waals surface area contributed by atoms with Gasteiger partial charge >= 0.3 is 0 Å². The summed E-state index contributed by atoms with van der Waals surface area (Å²) < 4.78 is 18.2. The minimum Gasteiger partial charge on any atom is -0.497 e. The molecule has 126 valence electrons. The number of nitrogens with zero attached hydrogens (tertiary/aromatic N) is 2. The molecule has 4 aliphatic rings. The van der Waals surface area contributed by atoms with Gasteiger partial charge in [0.25, 0.3) is 0 Å². The average molecular weight is 318 g/mol. The van der Waals surface area contributed by atoms with Crippen molar-refractivity contribution in [1.29, 1.82) is 0 Å².